The van der Waals surface area contributed by atoms with Gasteiger partial charge in [0.15, 0.2) is 22.4 Å². The molecule has 35 heavy (non-hydrogen) atoms. The highest BCUT2D eigenvalue weighted by Crippen LogP contribution is 2.33. The molecule has 1 aromatic heterocycles. The number of nitrogens with zero attached hydrogens (tertiary/aromatic N) is 2. The number of thiazole rings is 1. The van der Waals surface area contributed by atoms with Crippen LogP contribution >= 0.6 is 11.3 Å². The molecular formula is C23H25FN4O6S. The first kappa shape index (κ1) is 24.6. The number of carbonyl (C=O) groups is 4. The summed E-state index contributed by atoms with van der Waals surface area (Å²) in [6, 6.07) is 1.03. The third kappa shape index (κ3) is 5.11. The van der Waals surface area contributed by atoms with Crippen molar-refractivity contribution >= 4 is 40.3 Å². The fourth-order valence-electron chi connectivity index (χ4n) is 4.49. The Labute approximate surface area is 204 Å². The van der Waals surface area contributed by atoms with Crippen LogP contribution in [-0.4, -0.2) is 54.0 Å². The first-order chi connectivity index (χ1) is 16.8. The number of methoxy groups -OCH3 is 2. The number of ether oxygens (including phenoxy) is 2. The Morgan fingerprint density at radius 2 is 2.03 bits per heavy atom. The Morgan fingerprint density at radius 3 is 2.69 bits per heavy atom. The number of imide groups is 1. The van der Waals surface area contributed by atoms with Crippen LogP contribution in [-0.2, 0) is 14.3 Å². The second-order valence-electron chi connectivity index (χ2n) is 8.41. The Hall–Kier alpha value is -3.54. The zero-order chi connectivity index (χ0) is 25.1. The number of rotatable bonds is 8. The molecule has 1 aliphatic heterocycles. The van der Waals surface area contributed by atoms with E-state index < -0.39 is 41.7 Å². The van der Waals surface area contributed by atoms with Gasteiger partial charge < -0.3 is 20.1 Å². The van der Waals surface area contributed by atoms with Crippen molar-refractivity contribution in [3.05, 3.63) is 40.7 Å². The van der Waals surface area contributed by atoms with Gasteiger partial charge in [0.2, 0.25) is 5.91 Å². The summed E-state index contributed by atoms with van der Waals surface area (Å²) in [6.07, 6.45) is 4.11. The van der Waals surface area contributed by atoms with E-state index in [-0.39, 0.29) is 28.1 Å². The molecule has 1 aromatic carbocycles. The molecule has 2 fully saturated rings. The zero-order valence-electron chi connectivity index (χ0n) is 19.2. The summed E-state index contributed by atoms with van der Waals surface area (Å²) in [5.41, 5.74) is 0.281. The summed E-state index contributed by atoms with van der Waals surface area (Å²) < 4.78 is 23.8. The molecule has 186 valence electrons. The molecular weight excluding hydrogens is 479 g/mol. The molecule has 4 rings (SSSR count). The first-order valence-electron chi connectivity index (χ1n) is 11.1. The lowest BCUT2D eigenvalue weighted by atomic mass is 9.96. The Morgan fingerprint density at radius 1 is 1.29 bits per heavy atom. The minimum atomic E-state index is -1.13. The molecule has 12 heteroatoms. The van der Waals surface area contributed by atoms with E-state index in [1.807, 2.05) is 0 Å². The molecule has 0 radical (unpaired) electrons. The fraction of sp³-hybridized carbons (Fsp3) is 0.435. The molecule has 1 aliphatic carbocycles. The number of esters is 1. The molecule has 1 saturated carbocycles. The van der Waals surface area contributed by atoms with Crippen molar-refractivity contribution in [3.63, 3.8) is 0 Å². The average molecular weight is 505 g/mol. The van der Waals surface area contributed by atoms with Crippen molar-refractivity contribution < 1.29 is 33.0 Å². The quantitative estimate of drug-likeness (QED) is 0.417. The van der Waals surface area contributed by atoms with Crippen LogP contribution in [0.5, 0.6) is 5.75 Å². The summed E-state index contributed by atoms with van der Waals surface area (Å²) in [7, 11) is 2.55. The van der Waals surface area contributed by atoms with Crippen molar-refractivity contribution in [2.24, 2.45) is 5.92 Å². The van der Waals surface area contributed by atoms with Gasteiger partial charge in [0.05, 0.1) is 14.2 Å². The molecule has 1 saturated heterocycles. The highest BCUT2D eigenvalue weighted by Gasteiger charge is 2.46. The van der Waals surface area contributed by atoms with Crippen molar-refractivity contribution in [1.82, 2.24) is 15.2 Å². The number of benzene rings is 1. The van der Waals surface area contributed by atoms with Crippen molar-refractivity contribution in [1.29, 1.82) is 0 Å². The van der Waals surface area contributed by atoms with Crippen molar-refractivity contribution in [2.75, 3.05) is 19.5 Å². The van der Waals surface area contributed by atoms with Gasteiger partial charge in [-0.3, -0.25) is 9.59 Å². The molecule has 2 heterocycles. The number of aromatic nitrogens is 1. The SMILES string of the molecule is COC(=O)c1csc(NC(=O)[C@H](CC2CCCC2)N2C(=O)N[C@H](c3ccc(OC)c(F)c3)C2=O)n1. The number of urea groups is 1. The van der Waals surface area contributed by atoms with Gasteiger partial charge in [-0.2, -0.15) is 0 Å². The predicted octanol–water partition coefficient (Wildman–Crippen LogP) is 3.26. The third-order valence-corrected chi connectivity index (χ3v) is 7.01. The molecule has 0 bridgehead atoms. The van der Waals surface area contributed by atoms with Crippen molar-refractivity contribution in [2.45, 2.75) is 44.2 Å². The standard InChI is InChI=1S/C23H25FN4O6S/c1-33-17-8-7-13(10-14(17)24)18-20(30)28(23(32)26-18)16(9-12-5-3-4-6-12)19(29)27-22-25-15(11-35-22)21(31)34-2/h7-8,10-12,16,18H,3-6,9H2,1-2H3,(H,26,32)(H,25,27,29)/t16-,18+/m0/s1. The molecule has 2 atom stereocenters. The number of anilines is 1. The fourth-order valence-corrected chi connectivity index (χ4v) is 5.17. The number of hydrogen-bond donors (Lipinski definition) is 2. The minimum Gasteiger partial charge on any atom is -0.494 e. The molecule has 0 unspecified atom stereocenters. The molecule has 4 amide bonds. The largest absolute Gasteiger partial charge is 0.494 e. The highest BCUT2D eigenvalue weighted by molar-refractivity contribution is 7.14. The van der Waals surface area contributed by atoms with E-state index in [0.717, 1.165) is 48.0 Å². The Kier molecular flexibility index (Phi) is 7.29. The van der Waals surface area contributed by atoms with Gasteiger partial charge in [-0.1, -0.05) is 31.7 Å². The molecule has 10 nitrogen and oxygen atoms in total. The Bertz CT molecular complexity index is 1150. The van der Waals surface area contributed by atoms with Crippen LogP contribution in [0.15, 0.2) is 23.6 Å². The van der Waals surface area contributed by atoms with E-state index >= 15 is 0 Å². The lowest BCUT2D eigenvalue weighted by molar-refractivity contribution is -0.134. The summed E-state index contributed by atoms with van der Waals surface area (Å²) in [5, 5.41) is 6.77. The molecule has 0 spiro atoms. The number of carbonyl (C=O) groups excluding carboxylic acids is 4. The van der Waals surface area contributed by atoms with Gasteiger partial charge in [-0.05, 0) is 30.0 Å². The van der Waals surface area contributed by atoms with Gasteiger partial charge >= 0.3 is 12.0 Å². The molecule has 2 N–H and O–H groups in total. The number of nitrogens with one attached hydrogen (secondary N) is 2. The minimum absolute atomic E-state index is 0.00985. The summed E-state index contributed by atoms with van der Waals surface area (Å²) in [4.78, 5) is 56.2. The smallest absolute Gasteiger partial charge is 0.357 e. The summed E-state index contributed by atoms with van der Waals surface area (Å²) >= 11 is 1.03. The average Bonchev–Trinajstić information content (AvgIpc) is 3.58. The monoisotopic (exact) mass is 504 g/mol. The van der Waals surface area contributed by atoms with Gasteiger partial charge in [0.1, 0.15) is 12.1 Å². The van der Waals surface area contributed by atoms with Crippen LogP contribution in [0.2, 0.25) is 0 Å². The molecule has 2 aliphatic rings. The normalized spacial score (nSPS) is 18.9. The summed E-state index contributed by atoms with van der Waals surface area (Å²) in [6.45, 7) is 0. The van der Waals surface area contributed by atoms with Crippen LogP contribution in [0, 0.1) is 11.7 Å². The van der Waals surface area contributed by atoms with Crippen LogP contribution < -0.4 is 15.4 Å². The van der Waals surface area contributed by atoms with Gasteiger partial charge in [-0.25, -0.2) is 23.9 Å². The topological polar surface area (TPSA) is 127 Å². The lowest BCUT2D eigenvalue weighted by Gasteiger charge is -2.26. The Balaban J connectivity index is 1.57. The second-order valence-corrected chi connectivity index (χ2v) is 9.26. The lowest BCUT2D eigenvalue weighted by Crippen LogP contribution is -2.48. The van der Waals surface area contributed by atoms with Gasteiger partial charge in [0, 0.05) is 5.38 Å². The number of hydrogen-bond acceptors (Lipinski definition) is 8. The van der Waals surface area contributed by atoms with E-state index in [2.05, 4.69) is 20.4 Å². The first-order valence-corrected chi connectivity index (χ1v) is 12.0. The van der Waals surface area contributed by atoms with Crippen molar-refractivity contribution in [3.8, 4) is 5.75 Å². The van der Waals surface area contributed by atoms with E-state index in [9.17, 15) is 23.6 Å². The zero-order valence-corrected chi connectivity index (χ0v) is 20.0. The van der Waals surface area contributed by atoms with Gasteiger partial charge in [-0.15, -0.1) is 11.3 Å². The van der Waals surface area contributed by atoms with Gasteiger partial charge in [0.25, 0.3) is 5.91 Å². The molecule has 2 aromatic rings. The maximum atomic E-state index is 14.2. The predicted molar refractivity (Wildman–Crippen MR) is 124 cm³/mol. The van der Waals surface area contributed by atoms with E-state index in [1.165, 1.54) is 31.7 Å². The third-order valence-electron chi connectivity index (χ3n) is 6.25. The van der Waals surface area contributed by atoms with Crippen LogP contribution in [0.3, 0.4) is 0 Å². The summed E-state index contributed by atoms with van der Waals surface area (Å²) in [5.74, 6) is -2.37. The second kappa shape index (κ2) is 10.4. The highest BCUT2D eigenvalue weighted by atomic mass is 32.1. The maximum Gasteiger partial charge on any atom is 0.357 e. The van der Waals surface area contributed by atoms with E-state index in [0.29, 0.717) is 6.42 Å². The van der Waals surface area contributed by atoms with E-state index in [1.54, 1.807) is 0 Å². The van der Waals surface area contributed by atoms with E-state index in [4.69, 9.17) is 4.74 Å². The van der Waals surface area contributed by atoms with Crippen LogP contribution in [0.4, 0.5) is 14.3 Å². The van der Waals surface area contributed by atoms with Crippen LogP contribution in [0.1, 0.15) is 54.2 Å². The van der Waals surface area contributed by atoms with Crippen LogP contribution in [0.25, 0.3) is 0 Å². The maximum absolute atomic E-state index is 14.2. The number of amides is 4. The number of halogens is 1.